The van der Waals surface area contributed by atoms with E-state index in [1.54, 1.807) is 6.07 Å². The first-order valence-electron chi connectivity index (χ1n) is 8.08. The molecule has 0 aliphatic heterocycles. The lowest BCUT2D eigenvalue weighted by molar-refractivity contribution is 0.629. The number of hydrogen-bond donors (Lipinski definition) is 2. The van der Waals surface area contributed by atoms with Crippen LogP contribution in [0.15, 0.2) is 47.3 Å². The fourth-order valence-electron chi connectivity index (χ4n) is 2.64. The number of benzene rings is 2. The summed E-state index contributed by atoms with van der Waals surface area (Å²) in [5.74, 6) is 0.0947. The molecule has 0 amide bonds. The molecular formula is C18H16FN5O. The van der Waals surface area contributed by atoms with Gasteiger partial charge in [-0.25, -0.2) is 23.7 Å². The average Bonchev–Trinajstić information content (AvgIpc) is 2.99. The number of aromatic nitrogens is 4. The fourth-order valence-corrected chi connectivity index (χ4v) is 2.64. The van der Waals surface area contributed by atoms with Crippen molar-refractivity contribution in [3.05, 3.63) is 58.8 Å². The maximum atomic E-state index is 13.3. The summed E-state index contributed by atoms with van der Waals surface area (Å²) >= 11 is 0. The first-order valence-corrected chi connectivity index (χ1v) is 8.08. The number of H-pyrrole nitrogens is 1. The second-order valence-corrected chi connectivity index (χ2v) is 5.79. The third-order valence-electron chi connectivity index (χ3n) is 4.06. The summed E-state index contributed by atoms with van der Waals surface area (Å²) in [6.45, 7) is 2.74. The van der Waals surface area contributed by atoms with Crippen molar-refractivity contribution in [3.63, 3.8) is 0 Å². The predicted molar refractivity (Wildman–Crippen MR) is 95.3 cm³/mol. The van der Waals surface area contributed by atoms with Crippen molar-refractivity contribution in [2.45, 2.75) is 13.3 Å². The van der Waals surface area contributed by atoms with Crippen LogP contribution in [-0.4, -0.2) is 26.1 Å². The summed E-state index contributed by atoms with van der Waals surface area (Å²) in [6, 6.07) is 12.6. The van der Waals surface area contributed by atoms with E-state index in [1.165, 1.54) is 27.7 Å². The van der Waals surface area contributed by atoms with Crippen molar-refractivity contribution >= 4 is 22.5 Å². The van der Waals surface area contributed by atoms with E-state index in [-0.39, 0.29) is 0 Å². The lowest BCUT2D eigenvalue weighted by atomic mass is 9.95. The molecule has 0 bridgehead atoms. The van der Waals surface area contributed by atoms with E-state index in [0.717, 1.165) is 13.0 Å². The quantitative estimate of drug-likeness (QED) is 0.530. The number of fused-ring (bicyclic) bond motifs is 4. The van der Waals surface area contributed by atoms with Crippen LogP contribution in [-0.2, 0) is 0 Å². The van der Waals surface area contributed by atoms with E-state index in [0.29, 0.717) is 22.5 Å². The molecule has 0 unspecified atom stereocenters. The maximum Gasteiger partial charge on any atom is 0.348 e. The van der Waals surface area contributed by atoms with Gasteiger partial charge >= 0.3 is 5.69 Å². The van der Waals surface area contributed by atoms with Crippen molar-refractivity contribution in [1.82, 2.24) is 19.6 Å². The Balaban J connectivity index is 0.000000217. The van der Waals surface area contributed by atoms with Crippen LogP contribution in [0.4, 0.5) is 10.2 Å². The van der Waals surface area contributed by atoms with Crippen molar-refractivity contribution in [2.24, 2.45) is 0 Å². The fraction of sp³-hybridized carbons (Fsp3) is 0.167. The number of halogens is 1. The molecule has 0 radical (unpaired) electrons. The van der Waals surface area contributed by atoms with Crippen molar-refractivity contribution in [1.29, 1.82) is 0 Å². The van der Waals surface area contributed by atoms with E-state index in [1.807, 2.05) is 6.92 Å². The molecule has 0 saturated heterocycles. The smallest absolute Gasteiger partial charge is 0.348 e. The van der Waals surface area contributed by atoms with E-state index < -0.39 is 11.5 Å². The Morgan fingerprint density at radius 2 is 1.88 bits per heavy atom. The molecule has 0 atom stereocenters. The van der Waals surface area contributed by atoms with Crippen molar-refractivity contribution in [3.8, 4) is 11.1 Å². The molecule has 2 aliphatic rings. The standard InChI is InChI=1S/C12H12FN5O.C6H4/c1-2-5-14-10-11-16-17-12(19)18(11)9-6-7(13)3-4-8(9)15-10;1-2-6-4-3-5(1)6/h3-4,6H,2,5H2,1H3,(H,14,15)(H,17,19);1-4H. The van der Waals surface area contributed by atoms with Gasteiger partial charge in [-0.3, -0.25) is 0 Å². The number of hydrogen-bond acceptors (Lipinski definition) is 4. The molecule has 126 valence electrons. The first-order chi connectivity index (χ1) is 12.2. The zero-order valence-corrected chi connectivity index (χ0v) is 13.6. The van der Waals surface area contributed by atoms with Crippen molar-refractivity contribution in [2.75, 3.05) is 11.9 Å². The molecule has 7 heteroatoms. The zero-order chi connectivity index (χ0) is 17.4. The Bertz CT molecular complexity index is 1090. The molecule has 1 aromatic carbocycles. The Labute approximate surface area is 142 Å². The number of anilines is 1. The summed E-state index contributed by atoms with van der Waals surface area (Å²) in [4.78, 5) is 16.2. The molecular weight excluding hydrogens is 321 g/mol. The number of nitrogens with zero attached hydrogens (tertiary/aromatic N) is 3. The second kappa shape index (κ2) is 6.01. The molecule has 5 rings (SSSR count). The highest BCUT2D eigenvalue weighted by Gasteiger charge is 2.12. The Kier molecular flexibility index (Phi) is 3.68. The SMILES string of the molecule is CCCNc1nc2ccc(F)cc2n2c(=O)[nH]nc12.c1cc2ccc1-2. The molecule has 0 spiro atoms. The summed E-state index contributed by atoms with van der Waals surface area (Å²) in [5.41, 5.74) is 3.75. The third kappa shape index (κ3) is 2.63. The van der Waals surface area contributed by atoms with Gasteiger partial charge < -0.3 is 5.32 Å². The molecule has 2 aliphatic carbocycles. The Morgan fingerprint density at radius 1 is 1.16 bits per heavy atom. The average molecular weight is 337 g/mol. The van der Waals surface area contributed by atoms with Crippen LogP contribution in [0.2, 0.25) is 0 Å². The first kappa shape index (κ1) is 15.3. The van der Waals surface area contributed by atoms with Gasteiger partial charge in [-0.05, 0) is 29.7 Å². The van der Waals surface area contributed by atoms with Gasteiger partial charge in [-0.2, -0.15) is 0 Å². The summed E-state index contributed by atoms with van der Waals surface area (Å²) in [6.07, 6.45) is 0.921. The van der Waals surface area contributed by atoms with Crippen LogP contribution >= 0.6 is 0 Å². The van der Waals surface area contributed by atoms with E-state index >= 15 is 0 Å². The molecule has 0 saturated carbocycles. The summed E-state index contributed by atoms with van der Waals surface area (Å²) in [7, 11) is 0. The minimum atomic E-state index is -0.419. The molecule has 2 N–H and O–H groups in total. The summed E-state index contributed by atoms with van der Waals surface area (Å²) in [5, 5.41) is 9.40. The minimum absolute atomic E-state index is 0.372. The zero-order valence-electron chi connectivity index (χ0n) is 13.6. The highest BCUT2D eigenvalue weighted by atomic mass is 19.1. The molecule has 25 heavy (non-hydrogen) atoms. The van der Waals surface area contributed by atoms with Gasteiger partial charge in [-0.15, -0.1) is 5.10 Å². The number of aromatic amines is 1. The number of nitrogens with one attached hydrogen (secondary N) is 2. The van der Waals surface area contributed by atoms with E-state index in [4.69, 9.17) is 0 Å². The monoisotopic (exact) mass is 337 g/mol. The largest absolute Gasteiger partial charge is 0.367 e. The van der Waals surface area contributed by atoms with E-state index in [9.17, 15) is 9.18 Å². The second-order valence-electron chi connectivity index (χ2n) is 5.79. The van der Waals surface area contributed by atoms with Crippen LogP contribution in [0.1, 0.15) is 13.3 Å². The van der Waals surface area contributed by atoms with Gasteiger partial charge in [-0.1, -0.05) is 31.2 Å². The van der Waals surface area contributed by atoms with E-state index in [2.05, 4.69) is 44.8 Å². The van der Waals surface area contributed by atoms with Crippen molar-refractivity contribution < 1.29 is 4.39 Å². The maximum absolute atomic E-state index is 13.3. The molecule has 2 aromatic heterocycles. The molecule has 3 aromatic rings. The van der Waals surface area contributed by atoms with Gasteiger partial charge in [0, 0.05) is 12.6 Å². The molecule has 2 heterocycles. The highest BCUT2D eigenvalue weighted by Crippen LogP contribution is 2.29. The number of rotatable bonds is 3. The van der Waals surface area contributed by atoms with Gasteiger partial charge in [0.25, 0.3) is 0 Å². The van der Waals surface area contributed by atoms with Crippen LogP contribution < -0.4 is 11.0 Å². The highest BCUT2D eigenvalue weighted by molar-refractivity contribution is 5.82. The Morgan fingerprint density at radius 3 is 2.48 bits per heavy atom. The lowest BCUT2D eigenvalue weighted by Crippen LogP contribution is -2.12. The van der Waals surface area contributed by atoms with Gasteiger partial charge in [0.05, 0.1) is 11.0 Å². The normalized spacial score (nSPS) is 11.3. The van der Waals surface area contributed by atoms with Crippen LogP contribution in [0, 0.1) is 5.82 Å². The topological polar surface area (TPSA) is 75.1 Å². The van der Waals surface area contributed by atoms with Crippen LogP contribution in [0.25, 0.3) is 27.8 Å². The molecule has 0 fully saturated rings. The summed E-state index contributed by atoms with van der Waals surface area (Å²) < 4.78 is 14.6. The molecule has 6 nitrogen and oxygen atoms in total. The van der Waals surface area contributed by atoms with Crippen LogP contribution in [0.3, 0.4) is 0 Å². The van der Waals surface area contributed by atoms with Crippen LogP contribution in [0.5, 0.6) is 0 Å². The lowest BCUT2D eigenvalue weighted by Gasteiger charge is -2.10. The predicted octanol–water partition coefficient (Wildman–Crippen LogP) is 3.20. The minimum Gasteiger partial charge on any atom is -0.367 e. The van der Waals surface area contributed by atoms with Gasteiger partial charge in [0.15, 0.2) is 5.82 Å². The third-order valence-corrected chi connectivity index (χ3v) is 4.06. The van der Waals surface area contributed by atoms with Gasteiger partial charge in [0.1, 0.15) is 5.82 Å². The Hall–Kier alpha value is -3.22. The van der Waals surface area contributed by atoms with Gasteiger partial charge in [0.2, 0.25) is 5.65 Å².